The topological polar surface area (TPSA) is 57.6 Å². The molecule has 4 nitrogen and oxygen atoms in total. The number of rotatable bonds is 2. The lowest BCUT2D eigenvalue weighted by Gasteiger charge is -2.33. The van der Waals surface area contributed by atoms with Crippen molar-refractivity contribution in [2.75, 3.05) is 6.54 Å². The van der Waals surface area contributed by atoms with E-state index in [0.29, 0.717) is 13.1 Å². The fourth-order valence-corrected chi connectivity index (χ4v) is 2.34. The molecule has 1 aliphatic rings. The second-order valence-electron chi connectivity index (χ2n) is 4.39. The molecule has 90 valence electrons. The average Bonchev–Trinajstić information content (AvgIpc) is 2.28. The van der Waals surface area contributed by atoms with Crippen molar-refractivity contribution in [3.8, 4) is 0 Å². The highest BCUT2D eigenvalue weighted by atomic mass is 16.4. The summed E-state index contributed by atoms with van der Waals surface area (Å²) >= 11 is 0. The molecule has 0 saturated heterocycles. The predicted octanol–water partition coefficient (Wildman–Crippen LogP) is 1.61. The van der Waals surface area contributed by atoms with Gasteiger partial charge in [0.15, 0.2) is 0 Å². The molecule has 1 aromatic carbocycles. The zero-order chi connectivity index (χ0) is 12.4. The van der Waals surface area contributed by atoms with Crippen LogP contribution >= 0.6 is 0 Å². The molecule has 1 aromatic rings. The zero-order valence-corrected chi connectivity index (χ0v) is 9.72. The van der Waals surface area contributed by atoms with E-state index in [0.717, 1.165) is 11.1 Å². The van der Waals surface area contributed by atoms with Gasteiger partial charge in [-0.15, -0.1) is 0 Å². The van der Waals surface area contributed by atoms with Crippen LogP contribution in [0.3, 0.4) is 0 Å². The normalized spacial score (nSPS) is 18.6. The molecule has 0 aliphatic carbocycles. The zero-order valence-electron chi connectivity index (χ0n) is 9.72. The highest BCUT2D eigenvalue weighted by Gasteiger charge is 2.27. The van der Waals surface area contributed by atoms with Crippen LogP contribution in [0.15, 0.2) is 24.3 Å². The summed E-state index contributed by atoms with van der Waals surface area (Å²) in [7, 11) is 0. The summed E-state index contributed by atoms with van der Waals surface area (Å²) in [5, 5.41) is 8.91. The third-order valence-electron chi connectivity index (χ3n) is 3.16. The maximum atomic E-state index is 11.4. The maximum absolute atomic E-state index is 11.4. The van der Waals surface area contributed by atoms with Crippen LogP contribution in [0.1, 0.15) is 30.4 Å². The van der Waals surface area contributed by atoms with E-state index in [2.05, 4.69) is 0 Å². The van der Waals surface area contributed by atoms with Gasteiger partial charge in [-0.2, -0.15) is 0 Å². The lowest BCUT2D eigenvalue weighted by Crippen LogP contribution is -2.37. The Kier molecular flexibility index (Phi) is 3.13. The number of amides is 1. The molecule has 1 N–H and O–H groups in total. The standard InChI is InChI=1S/C13H15NO3/c1-9(15)14-7-10-4-2-3-5-12(10)11(8-14)6-13(16)17/h2-5,11H,6-8H2,1H3,(H,16,17). The van der Waals surface area contributed by atoms with Crippen LogP contribution in [0.5, 0.6) is 0 Å². The Labute approximate surface area is 99.9 Å². The van der Waals surface area contributed by atoms with E-state index < -0.39 is 5.97 Å². The summed E-state index contributed by atoms with van der Waals surface area (Å²) < 4.78 is 0. The molecule has 0 aromatic heterocycles. The van der Waals surface area contributed by atoms with E-state index in [1.807, 2.05) is 24.3 Å². The Hall–Kier alpha value is -1.84. The number of carboxylic acids is 1. The van der Waals surface area contributed by atoms with Gasteiger partial charge in [-0.05, 0) is 11.1 Å². The lowest BCUT2D eigenvalue weighted by molar-refractivity contribution is -0.138. The van der Waals surface area contributed by atoms with Crippen LogP contribution in [0.4, 0.5) is 0 Å². The Morgan fingerprint density at radius 2 is 2.12 bits per heavy atom. The first-order chi connectivity index (χ1) is 8.08. The average molecular weight is 233 g/mol. The fraction of sp³-hybridized carbons (Fsp3) is 0.385. The smallest absolute Gasteiger partial charge is 0.304 e. The van der Waals surface area contributed by atoms with E-state index in [9.17, 15) is 9.59 Å². The van der Waals surface area contributed by atoms with Crippen LogP contribution in [0.25, 0.3) is 0 Å². The van der Waals surface area contributed by atoms with Gasteiger partial charge in [-0.3, -0.25) is 9.59 Å². The molecule has 17 heavy (non-hydrogen) atoms. The fourth-order valence-electron chi connectivity index (χ4n) is 2.34. The van der Waals surface area contributed by atoms with Gasteiger partial charge in [-0.1, -0.05) is 24.3 Å². The summed E-state index contributed by atoms with van der Waals surface area (Å²) in [4.78, 5) is 24.0. The molecule has 0 fully saturated rings. The van der Waals surface area contributed by atoms with Gasteiger partial charge in [0.1, 0.15) is 0 Å². The van der Waals surface area contributed by atoms with E-state index in [4.69, 9.17) is 5.11 Å². The van der Waals surface area contributed by atoms with Gasteiger partial charge in [0.05, 0.1) is 6.42 Å². The van der Waals surface area contributed by atoms with Crippen LogP contribution in [-0.4, -0.2) is 28.4 Å². The van der Waals surface area contributed by atoms with Crippen molar-refractivity contribution in [3.63, 3.8) is 0 Å². The van der Waals surface area contributed by atoms with E-state index in [1.54, 1.807) is 4.90 Å². The van der Waals surface area contributed by atoms with Crippen molar-refractivity contribution in [1.82, 2.24) is 4.90 Å². The van der Waals surface area contributed by atoms with Crippen molar-refractivity contribution >= 4 is 11.9 Å². The Morgan fingerprint density at radius 1 is 1.41 bits per heavy atom. The number of hydrogen-bond acceptors (Lipinski definition) is 2. The molecule has 1 aliphatic heterocycles. The summed E-state index contributed by atoms with van der Waals surface area (Å²) in [5.74, 6) is -0.925. The first kappa shape index (κ1) is 11.6. The second kappa shape index (κ2) is 4.57. The Morgan fingerprint density at radius 3 is 2.76 bits per heavy atom. The maximum Gasteiger partial charge on any atom is 0.304 e. The minimum absolute atomic E-state index is 0.00473. The number of carbonyl (C=O) groups is 2. The van der Waals surface area contributed by atoms with Gasteiger partial charge in [0, 0.05) is 25.9 Å². The van der Waals surface area contributed by atoms with E-state index in [-0.39, 0.29) is 18.2 Å². The first-order valence-electron chi connectivity index (χ1n) is 5.63. The molecule has 0 radical (unpaired) electrons. The van der Waals surface area contributed by atoms with E-state index in [1.165, 1.54) is 6.92 Å². The molecular weight excluding hydrogens is 218 g/mol. The predicted molar refractivity (Wildman–Crippen MR) is 62.5 cm³/mol. The highest BCUT2D eigenvalue weighted by molar-refractivity contribution is 5.74. The van der Waals surface area contributed by atoms with Crippen molar-refractivity contribution < 1.29 is 14.7 Å². The first-order valence-corrected chi connectivity index (χ1v) is 5.63. The van der Waals surface area contributed by atoms with Gasteiger partial charge in [0.25, 0.3) is 0 Å². The molecule has 1 atom stereocenters. The number of fused-ring (bicyclic) bond motifs is 1. The quantitative estimate of drug-likeness (QED) is 0.844. The summed E-state index contributed by atoms with van der Waals surface area (Å²) in [6, 6.07) is 7.75. The van der Waals surface area contributed by atoms with Crippen LogP contribution in [0, 0.1) is 0 Å². The largest absolute Gasteiger partial charge is 0.481 e. The van der Waals surface area contributed by atoms with Crippen LogP contribution in [0.2, 0.25) is 0 Å². The monoisotopic (exact) mass is 233 g/mol. The van der Waals surface area contributed by atoms with Gasteiger partial charge >= 0.3 is 5.97 Å². The number of carboxylic acid groups (broad SMARTS) is 1. The summed E-state index contributed by atoms with van der Waals surface area (Å²) in [5.41, 5.74) is 2.12. The molecule has 4 heteroatoms. The minimum atomic E-state index is -0.824. The molecule has 1 heterocycles. The molecule has 0 spiro atoms. The molecular formula is C13H15NO3. The minimum Gasteiger partial charge on any atom is -0.481 e. The molecule has 1 amide bonds. The summed E-state index contributed by atoms with van der Waals surface area (Å²) in [6.45, 7) is 2.60. The van der Waals surface area contributed by atoms with Gasteiger partial charge in [-0.25, -0.2) is 0 Å². The number of carbonyl (C=O) groups excluding carboxylic acids is 1. The highest BCUT2D eigenvalue weighted by Crippen LogP contribution is 2.30. The van der Waals surface area contributed by atoms with Crippen LogP contribution < -0.4 is 0 Å². The van der Waals surface area contributed by atoms with Gasteiger partial charge in [0.2, 0.25) is 5.91 Å². The number of hydrogen-bond donors (Lipinski definition) is 1. The van der Waals surface area contributed by atoms with Crippen LogP contribution in [-0.2, 0) is 16.1 Å². The Balaban J connectivity index is 2.32. The SMILES string of the molecule is CC(=O)N1Cc2ccccc2C(CC(=O)O)C1. The molecule has 0 bridgehead atoms. The third kappa shape index (κ3) is 2.46. The lowest BCUT2D eigenvalue weighted by atomic mass is 9.87. The van der Waals surface area contributed by atoms with Crippen molar-refractivity contribution in [2.24, 2.45) is 0 Å². The number of benzene rings is 1. The molecule has 1 unspecified atom stereocenters. The van der Waals surface area contributed by atoms with Crippen molar-refractivity contribution in [3.05, 3.63) is 35.4 Å². The van der Waals surface area contributed by atoms with Crippen molar-refractivity contribution in [2.45, 2.75) is 25.8 Å². The van der Waals surface area contributed by atoms with Gasteiger partial charge < -0.3 is 10.0 Å². The molecule has 0 saturated carbocycles. The molecule has 2 rings (SSSR count). The third-order valence-corrected chi connectivity index (χ3v) is 3.16. The number of aliphatic carboxylic acids is 1. The Bertz CT molecular complexity index is 456. The second-order valence-corrected chi connectivity index (χ2v) is 4.39. The van der Waals surface area contributed by atoms with E-state index >= 15 is 0 Å². The number of nitrogens with zero attached hydrogens (tertiary/aromatic N) is 1. The van der Waals surface area contributed by atoms with Crippen molar-refractivity contribution in [1.29, 1.82) is 0 Å². The summed E-state index contributed by atoms with van der Waals surface area (Å²) in [6.07, 6.45) is 0.0702.